The molecule has 28 heavy (non-hydrogen) atoms. The van der Waals surface area contributed by atoms with Crippen molar-refractivity contribution in [1.82, 2.24) is 9.97 Å². The van der Waals surface area contributed by atoms with Crippen LogP contribution in [0.25, 0.3) is 0 Å². The summed E-state index contributed by atoms with van der Waals surface area (Å²) in [5, 5.41) is 0.660. The molecule has 0 atom stereocenters. The maximum atomic E-state index is 12.6. The molecule has 3 rings (SSSR count). The van der Waals surface area contributed by atoms with Crippen LogP contribution in [0.3, 0.4) is 0 Å². The minimum Gasteiger partial charge on any atom is -0.493 e. The van der Waals surface area contributed by atoms with Crippen LogP contribution in [-0.4, -0.2) is 16.6 Å². The van der Waals surface area contributed by atoms with E-state index in [9.17, 15) is 4.79 Å². The lowest BCUT2D eigenvalue weighted by atomic mass is 10.1. The predicted octanol–water partition coefficient (Wildman–Crippen LogP) is 5.00. The van der Waals surface area contributed by atoms with Crippen molar-refractivity contribution < 1.29 is 4.74 Å². The van der Waals surface area contributed by atoms with Crippen LogP contribution in [-0.2, 0) is 12.2 Å². The molecule has 0 aliphatic heterocycles. The molecular weight excluding hydrogens is 368 g/mol. The number of ether oxygens (including phenoxy) is 1. The zero-order chi connectivity index (χ0) is 19.9. The Morgan fingerprint density at radius 2 is 1.75 bits per heavy atom. The molecule has 2 aromatic carbocycles. The highest BCUT2D eigenvalue weighted by atomic mass is 32.2. The molecule has 3 aromatic rings. The molecule has 0 bridgehead atoms. The van der Waals surface area contributed by atoms with Gasteiger partial charge in [-0.05, 0) is 36.1 Å². The zero-order valence-corrected chi connectivity index (χ0v) is 17.4. The Morgan fingerprint density at radius 3 is 2.39 bits per heavy atom. The summed E-state index contributed by atoms with van der Waals surface area (Å²) in [6.07, 6.45) is 0.558. The molecule has 0 saturated heterocycles. The second kappa shape index (κ2) is 9.60. The number of benzene rings is 2. The van der Waals surface area contributed by atoms with E-state index in [2.05, 4.69) is 35.9 Å². The first-order valence-corrected chi connectivity index (χ1v) is 10.5. The monoisotopic (exact) mass is 394 g/mol. The number of thioether (sulfide) groups is 1. The van der Waals surface area contributed by atoms with Crippen LogP contribution in [0.5, 0.6) is 5.75 Å². The van der Waals surface area contributed by atoms with Gasteiger partial charge in [-0.15, -0.1) is 0 Å². The average Bonchev–Trinajstić information content (AvgIpc) is 2.69. The van der Waals surface area contributed by atoms with Gasteiger partial charge in [0.15, 0.2) is 5.16 Å². The van der Waals surface area contributed by atoms with Gasteiger partial charge >= 0.3 is 0 Å². The molecule has 4 nitrogen and oxygen atoms in total. The number of hydrogen-bond donors (Lipinski definition) is 1. The van der Waals surface area contributed by atoms with Gasteiger partial charge in [0.1, 0.15) is 5.75 Å². The topological polar surface area (TPSA) is 55.0 Å². The summed E-state index contributed by atoms with van der Waals surface area (Å²) in [6.45, 7) is 6.85. The van der Waals surface area contributed by atoms with Crippen LogP contribution in [0.1, 0.15) is 36.2 Å². The second-order valence-corrected chi connectivity index (χ2v) is 8.20. The molecule has 0 spiro atoms. The van der Waals surface area contributed by atoms with Gasteiger partial charge in [0, 0.05) is 23.4 Å². The van der Waals surface area contributed by atoms with Crippen LogP contribution in [0, 0.1) is 12.8 Å². The Hall–Kier alpha value is -2.53. The van der Waals surface area contributed by atoms with Gasteiger partial charge in [-0.1, -0.05) is 68.1 Å². The fourth-order valence-corrected chi connectivity index (χ4v) is 3.62. The van der Waals surface area contributed by atoms with E-state index in [4.69, 9.17) is 4.74 Å². The first-order valence-electron chi connectivity index (χ1n) is 9.49. The summed E-state index contributed by atoms with van der Waals surface area (Å²) >= 11 is 1.54. The predicted molar refractivity (Wildman–Crippen MR) is 115 cm³/mol. The maximum absolute atomic E-state index is 12.6. The van der Waals surface area contributed by atoms with E-state index in [1.54, 1.807) is 11.8 Å². The molecule has 1 heterocycles. The van der Waals surface area contributed by atoms with Crippen LogP contribution >= 0.6 is 11.8 Å². The molecule has 0 saturated carbocycles. The van der Waals surface area contributed by atoms with E-state index in [1.807, 2.05) is 49.4 Å². The lowest BCUT2D eigenvalue weighted by molar-refractivity contribution is 0.271. The van der Waals surface area contributed by atoms with Gasteiger partial charge < -0.3 is 9.72 Å². The number of aromatic amines is 1. The lowest BCUT2D eigenvalue weighted by Crippen LogP contribution is -2.17. The van der Waals surface area contributed by atoms with Crippen molar-refractivity contribution in [3.8, 4) is 5.75 Å². The Morgan fingerprint density at radius 1 is 1.04 bits per heavy atom. The SMILES string of the molecule is Cc1nc(SCc2ccccc2)[nH]c(=O)c1Cc1ccc(OCC(C)C)cc1. The Bertz CT molecular complexity index is 951. The van der Waals surface area contributed by atoms with E-state index in [0.29, 0.717) is 29.7 Å². The van der Waals surface area contributed by atoms with Crippen molar-refractivity contribution in [1.29, 1.82) is 0 Å². The highest BCUT2D eigenvalue weighted by molar-refractivity contribution is 7.98. The molecule has 0 fully saturated rings. The van der Waals surface area contributed by atoms with Crippen molar-refractivity contribution in [3.63, 3.8) is 0 Å². The van der Waals surface area contributed by atoms with Crippen LogP contribution in [0.2, 0.25) is 0 Å². The zero-order valence-electron chi connectivity index (χ0n) is 16.6. The van der Waals surface area contributed by atoms with E-state index in [-0.39, 0.29) is 5.56 Å². The molecule has 0 aliphatic carbocycles. The third-order valence-electron chi connectivity index (χ3n) is 4.31. The summed E-state index contributed by atoms with van der Waals surface area (Å²) in [6, 6.07) is 18.1. The quantitative estimate of drug-likeness (QED) is 0.432. The highest BCUT2D eigenvalue weighted by Gasteiger charge is 2.10. The Labute approximate surface area is 170 Å². The first-order chi connectivity index (χ1) is 13.5. The largest absolute Gasteiger partial charge is 0.493 e. The van der Waals surface area contributed by atoms with Gasteiger partial charge in [0.2, 0.25) is 0 Å². The summed E-state index contributed by atoms with van der Waals surface area (Å²) in [5.74, 6) is 2.12. The van der Waals surface area contributed by atoms with Crippen LogP contribution < -0.4 is 10.3 Å². The second-order valence-electron chi connectivity index (χ2n) is 7.23. The molecule has 0 unspecified atom stereocenters. The van der Waals surface area contributed by atoms with E-state index < -0.39 is 0 Å². The normalized spacial score (nSPS) is 11.0. The summed E-state index contributed by atoms with van der Waals surface area (Å²) < 4.78 is 5.72. The third-order valence-corrected chi connectivity index (χ3v) is 5.25. The number of H-pyrrole nitrogens is 1. The summed E-state index contributed by atoms with van der Waals surface area (Å²) in [5.41, 5.74) is 3.69. The van der Waals surface area contributed by atoms with Gasteiger partial charge in [-0.2, -0.15) is 0 Å². The van der Waals surface area contributed by atoms with Crippen LogP contribution in [0.4, 0.5) is 0 Å². The first kappa shape index (κ1) is 20.2. The fraction of sp³-hybridized carbons (Fsp3) is 0.304. The molecule has 1 aromatic heterocycles. The lowest BCUT2D eigenvalue weighted by Gasteiger charge is -2.10. The van der Waals surface area contributed by atoms with Crippen molar-refractivity contribution in [2.75, 3.05) is 6.61 Å². The number of rotatable bonds is 8. The Balaban J connectivity index is 1.66. The summed E-state index contributed by atoms with van der Waals surface area (Å²) in [7, 11) is 0. The minimum atomic E-state index is -0.0665. The number of nitrogens with zero attached hydrogens (tertiary/aromatic N) is 1. The summed E-state index contributed by atoms with van der Waals surface area (Å²) in [4.78, 5) is 20.1. The number of aromatic nitrogens is 2. The van der Waals surface area contributed by atoms with Gasteiger partial charge in [-0.25, -0.2) is 4.98 Å². The van der Waals surface area contributed by atoms with Gasteiger partial charge in [0.05, 0.1) is 6.61 Å². The maximum Gasteiger partial charge on any atom is 0.255 e. The number of aryl methyl sites for hydroxylation is 1. The van der Waals surface area contributed by atoms with Gasteiger partial charge in [-0.3, -0.25) is 4.79 Å². The molecule has 0 aliphatic rings. The highest BCUT2D eigenvalue weighted by Crippen LogP contribution is 2.20. The minimum absolute atomic E-state index is 0.0665. The van der Waals surface area contributed by atoms with E-state index in [1.165, 1.54) is 5.56 Å². The van der Waals surface area contributed by atoms with Crippen molar-refractivity contribution in [3.05, 3.63) is 87.3 Å². The molecule has 1 N–H and O–H groups in total. The van der Waals surface area contributed by atoms with E-state index in [0.717, 1.165) is 22.8 Å². The number of hydrogen-bond acceptors (Lipinski definition) is 4. The smallest absolute Gasteiger partial charge is 0.255 e. The van der Waals surface area contributed by atoms with Gasteiger partial charge in [0.25, 0.3) is 5.56 Å². The molecule has 0 radical (unpaired) electrons. The van der Waals surface area contributed by atoms with Crippen LogP contribution in [0.15, 0.2) is 64.5 Å². The Kier molecular flexibility index (Phi) is 6.93. The molecule has 5 heteroatoms. The standard InChI is InChI=1S/C23H26N2O2S/c1-16(2)14-27-20-11-9-18(10-12-20)13-21-17(3)24-23(25-22(21)26)28-15-19-7-5-4-6-8-19/h4-12,16H,13-15H2,1-3H3,(H,24,25,26). The number of nitrogens with one attached hydrogen (secondary N) is 1. The molecule has 0 amide bonds. The molecular formula is C23H26N2O2S. The van der Waals surface area contributed by atoms with E-state index >= 15 is 0 Å². The molecule has 146 valence electrons. The fourth-order valence-electron chi connectivity index (χ4n) is 2.76. The van der Waals surface area contributed by atoms with Crippen molar-refractivity contribution in [2.45, 2.75) is 38.1 Å². The average molecular weight is 395 g/mol. The third kappa shape index (κ3) is 5.73. The van der Waals surface area contributed by atoms with Crippen molar-refractivity contribution >= 4 is 11.8 Å². The van der Waals surface area contributed by atoms with Crippen molar-refractivity contribution in [2.24, 2.45) is 5.92 Å².